The second-order valence-corrected chi connectivity index (χ2v) is 10.7. The minimum atomic E-state index is -0.517. The van der Waals surface area contributed by atoms with Crippen LogP contribution in [0, 0.1) is 13.8 Å². The Bertz CT molecular complexity index is 1630. The van der Waals surface area contributed by atoms with E-state index >= 15 is 0 Å². The number of carbonyl (C=O) groups is 3. The number of imide groups is 1. The van der Waals surface area contributed by atoms with Gasteiger partial charge in [-0.1, -0.05) is 60.1 Å². The van der Waals surface area contributed by atoms with Crippen molar-refractivity contribution in [3.63, 3.8) is 0 Å². The van der Waals surface area contributed by atoms with Crippen molar-refractivity contribution in [2.45, 2.75) is 20.5 Å². The molecule has 1 saturated heterocycles. The third-order valence-corrected chi connectivity index (χ3v) is 7.64. The molecule has 0 bridgehead atoms. The Morgan fingerprint density at radius 3 is 2.51 bits per heavy atom. The molecule has 4 aromatic rings. The number of hydrogen-bond acceptors (Lipinski definition) is 5. The van der Waals surface area contributed by atoms with Gasteiger partial charge < -0.3 is 10.1 Å². The molecule has 1 fully saturated rings. The molecule has 39 heavy (non-hydrogen) atoms. The Hall–Kier alpha value is -4.07. The number of nitrogens with one attached hydrogen (secondary N) is 1. The average molecular weight is 557 g/mol. The summed E-state index contributed by atoms with van der Waals surface area (Å²) in [5, 5.41) is 4.76. The van der Waals surface area contributed by atoms with Crippen LogP contribution >= 0.6 is 23.4 Å². The highest BCUT2D eigenvalue weighted by molar-refractivity contribution is 8.18. The van der Waals surface area contributed by atoms with E-state index in [9.17, 15) is 14.4 Å². The van der Waals surface area contributed by atoms with Crippen molar-refractivity contribution in [1.29, 1.82) is 0 Å². The third-order valence-electron chi connectivity index (χ3n) is 6.48. The minimum absolute atomic E-state index is 0.228. The standard InChI is InChI=1S/C31H25ClN2O4S/c1-19-7-13-24(15-20(19)2)33-29(35)17-34-30(36)28(39-31(34)37)16-26-25-6-4-3-5-22(25)10-14-27(26)38-18-21-8-11-23(32)12-9-21/h3-16H,17-18H2,1-2H3,(H,33,35)/b28-16+. The number of ether oxygens (including phenoxy) is 1. The van der Waals surface area contributed by atoms with E-state index in [4.69, 9.17) is 16.3 Å². The van der Waals surface area contributed by atoms with Crippen LogP contribution in [-0.4, -0.2) is 28.5 Å². The number of amides is 3. The second kappa shape index (κ2) is 11.4. The molecule has 1 heterocycles. The van der Waals surface area contributed by atoms with Gasteiger partial charge in [0.15, 0.2) is 0 Å². The van der Waals surface area contributed by atoms with E-state index in [-0.39, 0.29) is 11.4 Å². The van der Waals surface area contributed by atoms with Gasteiger partial charge in [-0.05, 0) is 89.5 Å². The molecule has 1 aliphatic heterocycles. The average Bonchev–Trinajstić information content (AvgIpc) is 3.18. The van der Waals surface area contributed by atoms with Crippen LogP contribution in [0.5, 0.6) is 5.75 Å². The number of fused-ring (bicyclic) bond motifs is 1. The first-order valence-corrected chi connectivity index (χ1v) is 13.5. The summed E-state index contributed by atoms with van der Waals surface area (Å²) in [5.74, 6) is -0.390. The molecule has 196 valence electrons. The van der Waals surface area contributed by atoms with Crippen LogP contribution in [0.1, 0.15) is 22.3 Å². The summed E-state index contributed by atoms with van der Waals surface area (Å²) in [6.07, 6.45) is 1.67. The number of benzene rings is 4. The molecular weight excluding hydrogens is 532 g/mol. The number of thioether (sulfide) groups is 1. The van der Waals surface area contributed by atoms with Crippen molar-refractivity contribution in [1.82, 2.24) is 4.90 Å². The number of anilines is 1. The van der Waals surface area contributed by atoms with Crippen LogP contribution in [0.4, 0.5) is 10.5 Å². The quantitative estimate of drug-likeness (QED) is 0.241. The van der Waals surface area contributed by atoms with E-state index in [2.05, 4.69) is 5.32 Å². The molecule has 0 atom stereocenters. The van der Waals surface area contributed by atoms with E-state index in [0.717, 1.165) is 44.1 Å². The van der Waals surface area contributed by atoms with Crippen molar-refractivity contribution in [2.75, 3.05) is 11.9 Å². The Kier molecular flexibility index (Phi) is 7.72. The van der Waals surface area contributed by atoms with Gasteiger partial charge in [0.1, 0.15) is 18.9 Å². The summed E-state index contributed by atoms with van der Waals surface area (Å²) in [7, 11) is 0. The van der Waals surface area contributed by atoms with Crippen molar-refractivity contribution in [2.24, 2.45) is 0 Å². The van der Waals surface area contributed by atoms with E-state index in [1.807, 2.05) is 74.5 Å². The molecule has 0 aromatic heterocycles. The van der Waals surface area contributed by atoms with Crippen LogP contribution < -0.4 is 10.1 Å². The zero-order valence-electron chi connectivity index (χ0n) is 21.4. The van der Waals surface area contributed by atoms with Crippen LogP contribution in [0.2, 0.25) is 5.02 Å². The van der Waals surface area contributed by atoms with Crippen molar-refractivity contribution in [3.05, 3.63) is 111 Å². The molecule has 6 nitrogen and oxygen atoms in total. The molecular formula is C31H25ClN2O4S. The first kappa shape index (κ1) is 26.5. The SMILES string of the molecule is Cc1ccc(NC(=O)CN2C(=O)S/C(=C/c3c(OCc4ccc(Cl)cc4)ccc4ccccc34)C2=O)cc1C. The molecule has 0 radical (unpaired) electrons. The molecule has 0 spiro atoms. The highest BCUT2D eigenvalue weighted by atomic mass is 35.5. The lowest BCUT2D eigenvalue weighted by Gasteiger charge is -2.14. The number of hydrogen-bond donors (Lipinski definition) is 1. The zero-order chi connectivity index (χ0) is 27.5. The van der Waals surface area contributed by atoms with Crippen LogP contribution in [-0.2, 0) is 16.2 Å². The third kappa shape index (κ3) is 6.00. The van der Waals surface area contributed by atoms with Gasteiger partial charge in [-0.3, -0.25) is 19.3 Å². The molecule has 8 heteroatoms. The normalized spacial score (nSPS) is 14.3. The number of nitrogens with zero attached hydrogens (tertiary/aromatic N) is 1. The van der Waals surface area contributed by atoms with Crippen molar-refractivity contribution < 1.29 is 19.1 Å². The highest BCUT2D eigenvalue weighted by Gasteiger charge is 2.36. The summed E-state index contributed by atoms with van der Waals surface area (Å²) < 4.78 is 6.15. The Morgan fingerprint density at radius 2 is 1.74 bits per heavy atom. The maximum Gasteiger partial charge on any atom is 0.294 e. The Labute approximate surface area is 235 Å². The minimum Gasteiger partial charge on any atom is -0.488 e. The largest absolute Gasteiger partial charge is 0.488 e. The van der Waals surface area contributed by atoms with Gasteiger partial charge in [0.25, 0.3) is 11.1 Å². The molecule has 5 rings (SSSR count). The topological polar surface area (TPSA) is 75.7 Å². The fourth-order valence-electron chi connectivity index (χ4n) is 4.22. The van der Waals surface area contributed by atoms with Gasteiger partial charge in [0, 0.05) is 16.3 Å². The van der Waals surface area contributed by atoms with Gasteiger partial charge in [0.05, 0.1) is 4.91 Å². The van der Waals surface area contributed by atoms with E-state index in [1.165, 1.54) is 0 Å². The summed E-state index contributed by atoms with van der Waals surface area (Å²) in [5.41, 5.74) is 4.38. The van der Waals surface area contributed by atoms with Gasteiger partial charge in [-0.25, -0.2) is 0 Å². The molecule has 0 aliphatic carbocycles. The smallest absolute Gasteiger partial charge is 0.294 e. The molecule has 0 saturated carbocycles. The van der Waals surface area contributed by atoms with Crippen LogP contribution in [0.3, 0.4) is 0 Å². The van der Waals surface area contributed by atoms with Gasteiger partial charge >= 0.3 is 0 Å². The fourth-order valence-corrected chi connectivity index (χ4v) is 5.17. The lowest BCUT2D eigenvalue weighted by molar-refractivity contribution is -0.127. The first-order chi connectivity index (χ1) is 18.8. The highest BCUT2D eigenvalue weighted by Crippen LogP contribution is 2.37. The van der Waals surface area contributed by atoms with E-state index < -0.39 is 17.1 Å². The summed E-state index contributed by atoms with van der Waals surface area (Å²) in [6.45, 7) is 3.87. The van der Waals surface area contributed by atoms with E-state index in [0.29, 0.717) is 28.6 Å². The van der Waals surface area contributed by atoms with Gasteiger partial charge in [-0.15, -0.1) is 0 Å². The lowest BCUT2D eigenvalue weighted by atomic mass is 10.0. The Morgan fingerprint density at radius 1 is 0.974 bits per heavy atom. The zero-order valence-corrected chi connectivity index (χ0v) is 22.9. The predicted molar refractivity (Wildman–Crippen MR) is 157 cm³/mol. The number of halogens is 1. The molecule has 1 aliphatic rings. The monoisotopic (exact) mass is 556 g/mol. The maximum atomic E-state index is 13.2. The molecule has 0 unspecified atom stereocenters. The number of aryl methyl sites for hydroxylation is 2. The molecule has 4 aromatic carbocycles. The maximum absolute atomic E-state index is 13.2. The molecule has 1 N–H and O–H groups in total. The predicted octanol–water partition coefficient (Wildman–Crippen LogP) is 7.36. The summed E-state index contributed by atoms with van der Waals surface area (Å²) in [6, 6.07) is 24.5. The number of rotatable bonds is 7. The van der Waals surface area contributed by atoms with Gasteiger partial charge in [-0.2, -0.15) is 0 Å². The van der Waals surface area contributed by atoms with Crippen molar-refractivity contribution in [3.8, 4) is 5.75 Å². The first-order valence-electron chi connectivity index (χ1n) is 12.3. The lowest BCUT2D eigenvalue weighted by Crippen LogP contribution is -2.36. The van der Waals surface area contributed by atoms with E-state index in [1.54, 1.807) is 24.3 Å². The van der Waals surface area contributed by atoms with Gasteiger partial charge in [0.2, 0.25) is 5.91 Å². The second-order valence-electron chi connectivity index (χ2n) is 9.23. The van der Waals surface area contributed by atoms with Crippen LogP contribution in [0.15, 0.2) is 83.8 Å². The number of carbonyl (C=O) groups excluding carboxylic acids is 3. The molecule has 3 amide bonds. The van der Waals surface area contributed by atoms with Crippen molar-refractivity contribution >= 4 is 63.0 Å². The summed E-state index contributed by atoms with van der Waals surface area (Å²) in [4.78, 5) is 39.9. The summed E-state index contributed by atoms with van der Waals surface area (Å²) >= 11 is 6.81. The fraction of sp³-hybridized carbons (Fsp3) is 0.129. The van der Waals surface area contributed by atoms with Crippen LogP contribution in [0.25, 0.3) is 16.8 Å². The Balaban J connectivity index is 1.39.